The number of fused-ring (bicyclic) bond motifs is 1. The molecule has 1 amide bonds. The summed E-state index contributed by atoms with van der Waals surface area (Å²) in [5, 5.41) is 2.88. The van der Waals surface area contributed by atoms with E-state index >= 15 is 0 Å². The number of amides is 1. The van der Waals surface area contributed by atoms with Gasteiger partial charge in [0, 0.05) is 6.04 Å². The van der Waals surface area contributed by atoms with Crippen LogP contribution in [0, 0.1) is 0 Å². The molecule has 0 heterocycles. The lowest BCUT2D eigenvalue weighted by atomic mass is 10.1. The number of carbonyl (C=O) groups excluding carboxylic acids is 1. The Labute approximate surface area is 113 Å². The van der Waals surface area contributed by atoms with E-state index in [1.807, 2.05) is 12.1 Å². The summed E-state index contributed by atoms with van der Waals surface area (Å²) in [6, 6.07) is 7.38. The van der Waals surface area contributed by atoms with Gasteiger partial charge in [-0.05, 0) is 30.9 Å². The minimum atomic E-state index is -3.37. The fourth-order valence-corrected chi connectivity index (χ4v) is 3.11. The first-order chi connectivity index (χ1) is 8.85. The topological polar surface area (TPSA) is 75.3 Å². The van der Waals surface area contributed by atoms with Crippen molar-refractivity contribution in [3.8, 4) is 0 Å². The fraction of sp³-hybridized carbons (Fsp3) is 0.462. The van der Waals surface area contributed by atoms with Crippen LogP contribution in [-0.4, -0.2) is 32.7 Å². The normalized spacial score (nSPS) is 16.9. The zero-order valence-corrected chi connectivity index (χ0v) is 11.8. The van der Waals surface area contributed by atoms with Crippen LogP contribution < -0.4 is 10.0 Å². The second kappa shape index (κ2) is 5.30. The van der Waals surface area contributed by atoms with Gasteiger partial charge in [0.15, 0.2) is 0 Å². The number of hydrogen-bond donors (Lipinski definition) is 2. The number of sulfonamides is 1. The van der Waals surface area contributed by atoms with Crippen molar-refractivity contribution in [2.24, 2.45) is 0 Å². The maximum absolute atomic E-state index is 11.9. The van der Waals surface area contributed by atoms with E-state index in [2.05, 4.69) is 22.2 Å². The average Bonchev–Trinajstić information content (AvgIpc) is 2.68. The van der Waals surface area contributed by atoms with Crippen LogP contribution in [0.15, 0.2) is 24.3 Å². The Morgan fingerprint density at radius 1 is 1.26 bits per heavy atom. The summed E-state index contributed by atoms with van der Waals surface area (Å²) in [6.07, 6.45) is 2.64. The molecule has 1 aromatic rings. The Hall–Kier alpha value is -1.40. The largest absolute Gasteiger partial charge is 0.351 e. The van der Waals surface area contributed by atoms with E-state index < -0.39 is 16.1 Å². The molecule has 2 rings (SSSR count). The number of hydrogen-bond acceptors (Lipinski definition) is 3. The van der Waals surface area contributed by atoms with E-state index in [-0.39, 0.29) is 11.9 Å². The quantitative estimate of drug-likeness (QED) is 0.829. The molecule has 0 unspecified atom stereocenters. The number of nitrogens with one attached hydrogen (secondary N) is 2. The first-order valence-electron chi connectivity index (χ1n) is 6.19. The molecule has 0 saturated heterocycles. The van der Waals surface area contributed by atoms with E-state index in [4.69, 9.17) is 0 Å². The Morgan fingerprint density at radius 2 is 1.79 bits per heavy atom. The van der Waals surface area contributed by atoms with Crippen LogP contribution in [0.3, 0.4) is 0 Å². The standard InChI is InChI=1S/C13H18N2O3S/c1-9(15-19(2,17)18)13(16)14-12-7-10-5-3-4-6-11(10)8-12/h3-6,9,12,15H,7-8H2,1-2H3,(H,14,16)/t9-/m0/s1. The van der Waals surface area contributed by atoms with Crippen LogP contribution in [0.5, 0.6) is 0 Å². The number of carbonyl (C=O) groups is 1. The SMILES string of the molecule is C[C@H](NS(C)(=O)=O)C(=O)NC1Cc2ccccc2C1. The number of rotatable bonds is 4. The van der Waals surface area contributed by atoms with Gasteiger partial charge in [-0.1, -0.05) is 24.3 Å². The van der Waals surface area contributed by atoms with Gasteiger partial charge in [-0.3, -0.25) is 4.79 Å². The summed E-state index contributed by atoms with van der Waals surface area (Å²) < 4.78 is 24.4. The lowest BCUT2D eigenvalue weighted by Crippen LogP contribution is -2.48. The first kappa shape index (κ1) is 14.0. The molecule has 104 valence electrons. The lowest BCUT2D eigenvalue weighted by Gasteiger charge is -2.16. The van der Waals surface area contributed by atoms with Gasteiger partial charge in [0.2, 0.25) is 15.9 Å². The van der Waals surface area contributed by atoms with Gasteiger partial charge in [-0.2, -0.15) is 0 Å². The molecule has 19 heavy (non-hydrogen) atoms. The van der Waals surface area contributed by atoms with Gasteiger partial charge in [-0.25, -0.2) is 13.1 Å². The zero-order chi connectivity index (χ0) is 14.0. The highest BCUT2D eigenvalue weighted by atomic mass is 32.2. The van der Waals surface area contributed by atoms with Crippen LogP contribution >= 0.6 is 0 Å². The number of benzene rings is 1. The van der Waals surface area contributed by atoms with E-state index in [9.17, 15) is 13.2 Å². The molecule has 0 aliphatic heterocycles. The first-order valence-corrected chi connectivity index (χ1v) is 8.09. The van der Waals surface area contributed by atoms with Crippen molar-refractivity contribution in [1.29, 1.82) is 0 Å². The average molecular weight is 282 g/mol. The molecule has 0 radical (unpaired) electrons. The van der Waals surface area contributed by atoms with Crippen LogP contribution in [0.4, 0.5) is 0 Å². The molecule has 0 saturated carbocycles. The highest BCUT2D eigenvalue weighted by Gasteiger charge is 2.25. The third kappa shape index (κ3) is 3.78. The Bertz CT molecular complexity index is 558. The molecule has 1 aromatic carbocycles. The molecular weight excluding hydrogens is 264 g/mol. The minimum absolute atomic E-state index is 0.0497. The second-order valence-electron chi connectivity index (χ2n) is 4.99. The third-order valence-electron chi connectivity index (χ3n) is 3.18. The predicted molar refractivity (Wildman–Crippen MR) is 73.2 cm³/mol. The van der Waals surface area contributed by atoms with Crippen molar-refractivity contribution in [2.45, 2.75) is 31.8 Å². The van der Waals surface area contributed by atoms with Gasteiger partial charge in [-0.15, -0.1) is 0 Å². The van der Waals surface area contributed by atoms with Gasteiger partial charge in [0.25, 0.3) is 0 Å². The predicted octanol–water partition coefficient (Wildman–Crippen LogP) is 0.208. The van der Waals surface area contributed by atoms with Crippen LogP contribution in [0.1, 0.15) is 18.1 Å². The second-order valence-corrected chi connectivity index (χ2v) is 6.77. The van der Waals surface area contributed by atoms with Crippen molar-refractivity contribution < 1.29 is 13.2 Å². The summed E-state index contributed by atoms with van der Waals surface area (Å²) in [6.45, 7) is 1.54. The molecule has 1 atom stereocenters. The van der Waals surface area contributed by atoms with Crippen molar-refractivity contribution in [2.75, 3.05) is 6.26 Å². The Balaban J connectivity index is 1.92. The molecule has 5 nitrogen and oxygen atoms in total. The molecule has 0 bridgehead atoms. The molecule has 0 spiro atoms. The monoisotopic (exact) mass is 282 g/mol. The Morgan fingerprint density at radius 3 is 2.26 bits per heavy atom. The maximum Gasteiger partial charge on any atom is 0.238 e. The molecule has 6 heteroatoms. The van der Waals surface area contributed by atoms with Crippen LogP contribution in [0.25, 0.3) is 0 Å². The van der Waals surface area contributed by atoms with E-state index in [0.717, 1.165) is 19.1 Å². The maximum atomic E-state index is 11.9. The van der Waals surface area contributed by atoms with E-state index in [0.29, 0.717) is 0 Å². The lowest BCUT2D eigenvalue weighted by molar-refractivity contribution is -0.123. The summed E-state index contributed by atoms with van der Waals surface area (Å²) in [7, 11) is -3.37. The Kier molecular flexibility index (Phi) is 3.91. The molecule has 1 aliphatic rings. The minimum Gasteiger partial charge on any atom is -0.351 e. The summed E-state index contributed by atoms with van der Waals surface area (Å²) in [5.41, 5.74) is 2.49. The molecule has 1 aliphatic carbocycles. The molecule has 0 fully saturated rings. The van der Waals surface area contributed by atoms with Gasteiger partial charge in [0.1, 0.15) is 0 Å². The summed E-state index contributed by atoms with van der Waals surface area (Å²) in [4.78, 5) is 11.9. The smallest absolute Gasteiger partial charge is 0.238 e. The molecule has 2 N–H and O–H groups in total. The van der Waals surface area contributed by atoms with E-state index in [1.54, 1.807) is 6.92 Å². The van der Waals surface area contributed by atoms with E-state index in [1.165, 1.54) is 11.1 Å². The van der Waals surface area contributed by atoms with Crippen molar-refractivity contribution in [1.82, 2.24) is 10.0 Å². The highest BCUT2D eigenvalue weighted by molar-refractivity contribution is 7.88. The molecular formula is C13H18N2O3S. The van der Waals surface area contributed by atoms with Crippen LogP contribution in [0.2, 0.25) is 0 Å². The summed E-state index contributed by atoms with van der Waals surface area (Å²) in [5.74, 6) is -0.289. The van der Waals surface area contributed by atoms with Gasteiger partial charge in [0.05, 0.1) is 12.3 Å². The van der Waals surface area contributed by atoms with Crippen LogP contribution in [-0.2, 0) is 27.7 Å². The van der Waals surface area contributed by atoms with Gasteiger partial charge < -0.3 is 5.32 Å². The zero-order valence-electron chi connectivity index (χ0n) is 11.0. The van der Waals surface area contributed by atoms with Crippen molar-refractivity contribution in [3.05, 3.63) is 35.4 Å². The van der Waals surface area contributed by atoms with Crippen molar-refractivity contribution >= 4 is 15.9 Å². The highest BCUT2D eigenvalue weighted by Crippen LogP contribution is 2.21. The summed E-state index contributed by atoms with van der Waals surface area (Å²) >= 11 is 0. The molecule has 0 aromatic heterocycles. The van der Waals surface area contributed by atoms with Gasteiger partial charge >= 0.3 is 0 Å². The third-order valence-corrected chi connectivity index (χ3v) is 3.96. The fourth-order valence-electron chi connectivity index (χ4n) is 2.36. The van der Waals surface area contributed by atoms with Crippen molar-refractivity contribution in [3.63, 3.8) is 0 Å².